The summed E-state index contributed by atoms with van der Waals surface area (Å²) in [5.41, 5.74) is 6.68. The second-order valence-electron chi connectivity index (χ2n) is 11.8. The van der Waals surface area contributed by atoms with E-state index in [0.717, 1.165) is 41.8 Å². The molecule has 0 spiro atoms. The van der Waals surface area contributed by atoms with Crippen molar-refractivity contribution in [1.82, 2.24) is 20.3 Å². The first-order chi connectivity index (χ1) is 21.0. The van der Waals surface area contributed by atoms with Gasteiger partial charge in [-0.25, -0.2) is 14.4 Å². The van der Waals surface area contributed by atoms with Crippen molar-refractivity contribution in [2.45, 2.75) is 72.9 Å². The van der Waals surface area contributed by atoms with Crippen molar-refractivity contribution in [1.29, 1.82) is 0 Å². The molecule has 2 aliphatic rings. The number of hydrogen-bond donors (Lipinski definition) is 2. The Kier molecular flexibility index (Phi) is 11.2. The summed E-state index contributed by atoms with van der Waals surface area (Å²) in [6, 6.07) is 5.21. The number of benzene rings is 1. The van der Waals surface area contributed by atoms with E-state index in [1.807, 2.05) is 66.1 Å². The van der Waals surface area contributed by atoms with Crippen LogP contribution in [0.4, 0.5) is 21.8 Å². The van der Waals surface area contributed by atoms with Crippen LogP contribution < -0.4 is 15.7 Å². The van der Waals surface area contributed by atoms with Gasteiger partial charge in [-0.15, -0.1) is 5.48 Å². The Balaban J connectivity index is 1.55. The number of amides is 1. The molecule has 4 unspecified atom stereocenters. The van der Waals surface area contributed by atoms with E-state index < -0.39 is 0 Å². The number of halogens is 2. The number of aryl methyl sites for hydroxylation is 1. The Morgan fingerprint density at radius 1 is 1.30 bits per heavy atom. The highest BCUT2D eigenvalue weighted by molar-refractivity contribution is 6.30. The molecule has 9 nitrogen and oxygen atoms in total. The van der Waals surface area contributed by atoms with Crippen molar-refractivity contribution in [3.8, 4) is 0 Å². The standard InChI is InChI=1S/C33H45ClFN7O2/c1-9-22(14-15-41(7)8)25-13-12-24(17-29(25)35)38-33-36-20(5)27-18-26(32(43)42(11-3)31(27)39-33)19(4)28(34)16-23(10-2)30-37-21(6)44-40-30/h10,12-13,16-17,19,22,26,30,40H,9,11,14-15,18H2,1-8H3,(H,36,38,39). The minimum atomic E-state index is -0.385. The van der Waals surface area contributed by atoms with E-state index in [-0.39, 0.29) is 35.6 Å². The fraction of sp³-hybridized carbons (Fsp3) is 0.515. The molecule has 0 radical (unpaired) electrons. The predicted molar refractivity (Wildman–Crippen MR) is 176 cm³/mol. The molecule has 0 fully saturated rings. The fourth-order valence-corrected chi connectivity index (χ4v) is 6.06. The minimum absolute atomic E-state index is 0.0416. The van der Waals surface area contributed by atoms with Crippen LogP contribution in [0, 0.1) is 24.6 Å². The van der Waals surface area contributed by atoms with Crippen molar-refractivity contribution >= 4 is 40.9 Å². The highest BCUT2D eigenvalue weighted by Gasteiger charge is 2.39. The number of nitrogens with zero attached hydrogens (tertiary/aromatic N) is 5. The summed E-state index contributed by atoms with van der Waals surface area (Å²) in [4.78, 5) is 36.8. The van der Waals surface area contributed by atoms with Crippen LogP contribution in [-0.2, 0) is 16.1 Å². The van der Waals surface area contributed by atoms with Crippen LogP contribution in [0.15, 0.2) is 45.9 Å². The zero-order valence-corrected chi connectivity index (χ0v) is 27.8. The van der Waals surface area contributed by atoms with E-state index in [2.05, 4.69) is 27.6 Å². The van der Waals surface area contributed by atoms with Crippen molar-refractivity contribution in [2.24, 2.45) is 16.8 Å². The zero-order valence-electron chi connectivity index (χ0n) is 27.0. The highest BCUT2D eigenvalue weighted by Crippen LogP contribution is 2.38. The van der Waals surface area contributed by atoms with E-state index in [0.29, 0.717) is 41.3 Å². The number of aromatic nitrogens is 2. The van der Waals surface area contributed by atoms with Crippen LogP contribution in [0.5, 0.6) is 0 Å². The molecule has 2 aliphatic heterocycles. The van der Waals surface area contributed by atoms with Gasteiger partial charge >= 0.3 is 0 Å². The van der Waals surface area contributed by atoms with Crippen molar-refractivity contribution in [2.75, 3.05) is 37.4 Å². The van der Waals surface area contributed by atoms with E-state index in [1.165, 1.54) is 6.07 Å². The molecule has 2 aromatic rings. The van der Waals surface area contributed by atoms with Crippen LogP contribution >= 0.6 is 11.6 Å². The normalized spacial score (nSPS) is 20.4. The summed E-state index contributed by atoms with van der Waals surface area (Å²) in [5, 5.41) is 3.73. The summed E-state index contributed by atoms with van der Waals surface area (Å²) >= 11 is 6.83. The summed E-state index contributed by atoms with van der Waals surface area (Å²) < 4.78 is 15.2. The molecule has 11 heteroatoms. The molecule has 0 aliphatic carbocycles. The molecule has 1 aromatic carbocycles. The highest BCUT2D eigenvalue weighted by atomic mass is 35.5. The first-order valence-electron chi connectivity index (χ1n) is 15.4. The Morgan fingerprint density at radius 3 is 2.64 bits per heavy atom. The van der Waals surface area contributed by atoms with Gasteiger partial charge in [0.1, 0.15) is 11.6 Å². The number of rotatable bonds is 12. The Hall–Kier alpha value is -3.34. The van der Waals surface area contributed by atoms with Gasteiger partial charge in [0, 0.05) is 41.4 Å². The van der Waals surface area contributed by atoms with Gasteiger partial charge in [0.2, 0.25) is 17.8 Å². The average Bonchev–Trinajstić information content (AvgIpc) is 3.42. The number of hydroxylamine groups is 1. The topological polar surface area (TPSA) is 95.0 Å². The average molecular weight is 626 g/mol. The lowest BCUT2D eigenvalue weighted by Gasteiger charge is -2.36. The lowest BCUT2D eigenvalue weighted by atomic mass is 9.83. The molecule has 1 amide bonds. The molecule has 2 N–H and O–H groups in total. The van der Waals surface area contributed by atoms with Gasteiger partial charge in [0.25, 0.3) is 0 Å². The summed E-state index contributed by atoms with van der Waals surface area (Å²) in [5.74, 6) is 0.671. The first kappa shape index (κ1) is 33.6. The van der Waals surface area contributed by atoms with Gasteiger partial charge in [0.05, 0.1) is 5.92 Å². The molecule has 1 aromatic heterocycles. The molecule has 0 saturated carbocycles. The summed E-state index contributed by atoms with van der Waals surface area (Å²) in [6.07, 6.45) is 5.65. The third-order valence-corrected chi connectivity index (χ3v) is 8.96. The lowest BCUT2D eigenvalue weighted by Crippen LogP contribution is -2.44. The van der Waals surface area contributed by atoms with Crippen LogP contribution in [0.3, 0.4) is 0 Å². The second kappa shape index (κ2) is 14.6. The molecule has 3 heterocycles. The number of carbonyl (C=O) groups excluding carboxylic acids is 1. The molecular formula is C33H45ClFN7O2. The van der Waals surface area contributed by atoms with Gasteiger partial charge in [-0.1, -0.05) is 37.6 Å². The SMILES string of the molecule is CC=C(C=C(Cl)C(C)C1Cc2c(C)nc(Nc3ccc(C(CC)CCN(C)C)c(F)c3)nc2N(CC)C1=O)C1N=C(C)ON1. The molecule has 44 heavy (non-hydrogen) atoms. The fourth-order valence-electron chi connectivity index (χ4n) is 5.79. The lowest BCUT2D eigenvalue weighted by molar-refractivity contribution is -0.123. The molecular weight excluding hydrogens is 581 g/mol. The maximum Gasteiger partial charge on any atom is 0.232 e. The van der Waals surface area contributed by atoms with Crippen molar-refractivity contribution < 1.29 is 14.0 Å². The maximum absolute atomic E-state index is 15.2. The quantitative estimate of drug-likeness (QED) is 0.256. The number of allylic oxidation sites excluding steroid dienone is 2. The largest absolute Gasteiger partial charge is 0.391 e. The Labute approximate surface area is 265 Å². The Bertz CT molecular complexity index is 1460. The van der Waals surface area contributed by atoms with Crippen LogP contribution in [0.2, 0.25) is 0 Å². The number of aliphatic imine (C=N–C) groups is 1. The Morgan fingerprint density at radius 2 is 2.05 bits per heavy atom. The molecule has 0 bridgehead atoms. The molecule has 4 rings (SSSR count). The summed E-state index contributed by atoms with van der Waals surface area (Å²) in [7, 11) is 4.05. The third-order valence-electron chi connectivity index (χ3n) is 8.51. The van der Waals surface area contributed by atoms with E-state index in [4.69, 9.17) is 26.4 Å². The number of fused-ring (bicyclic) bond motifs is 1. The van der Waals surface area contributed by atoms with Gasteiger partial charge in [-0.05, 0) is 95.9 Å². The maximum atomic E-state index is 15.2. The number of nitrogens with one attached hydrogen (secondary N) is 2. The third kappa shape index (κ3) is 7.47. The van der Waals surface area contributed by atoms with Crippen molar-refractivity contribution in [3.05, 3.63) is 63.6 Å². The van der Waals surface area contributed by atoms with Crippen molar-refractivity contribution in [3.63, 3.8) is 0 Å². The first-order valence-corrected chi connectivity index (χ1v) is 15.7. The molecule has 4 atom stereocenters. The molecule has 0 saturated heterocycles. The van der Waals surface area contributed by atoms with E-state index in [9.17, 15) is 4.79 Å². The monoisotopic (exact) mass is 625 g/mol. The van der Waals surface area contributed by atoms with E-state index in [1.54, 1.807) is 11.8 Å². The van der Waals surface area contributed by atoms with Crippen LogP contribution in [0.1, 0.15) is 70.2 Å². The van der Waals surface area contributed by atoms with Gasteiger partial charge < -0.3 is 15.1 Å². The van der Waals surface area contributed by atoms with Gasteiger partial charge in [-0.2, -0.15) is 4.98 Å². The number of carbonyl (C=O) groups is 1. The number of hydrogen-bond acceptors (Lipinski definition) is 8. The van der Waals surface area contributed by atoms with Crippen LogP contribution in [0.25, 0.3) is 0 Å². The summed E-state index contributed by atoms with van der Waals surface area (Å²) in [6.45, 7) is 12.9. The number of anilines is 3. The smallest absolute Gasteiger partial charge is 0.232 e. The zero-order chi connectivity index (χ0) is 32.1. The van der Waals surface area contributed by atoms with Gasteiger partial charge in [0.15, 0.2) is 6.17 Å². The predicted octanol–water partition coefficient (Wildman–Crippen LogP) is 6.62. The minimum Gasteiger partial charge on any atom is -0.391 e. The van der Waals surface area contributed by atoms with Gasteiger partial charge in [-0.3, -0.25) is 9.69 Å². The second-order valence-corrected chi connectivity index (χ2v) is 12.2. The molecule has 238 valence electrons. The van der Waals surface area contributed by atoms with E-state index >= 15 is 4.39 Å². The van der Waals surface area contributed by atoms with Crippen LogP contribution in [-0.4, -0.2) is 60.0 Å².